The van der Waals surface area contributed by atoms with Crippen LogP contribution in [0.3, 0.4) is 0 Å². The van der Waals surface area contributed by atoms with Crippen molar-refractivity contribution in [2.45, 2.75) is 27.7 Å². The second kappa shape index (κ2) is 3.95. The lowest BCUT2D eigenvalue weighted by Gasteiger charge is -2.23. The molecule has 0 amide bonds. The molecule has 0 aliphatic carbocycles. The SMILES string of the molecule is Cc1c(C)c(C)c2c(c1C)C=C(CO)CO2. The second-order valence-corrected chi connectivity index (χ2v) is 4.49. The summed E-state index contributed by atoms with van der Waals surface area (Å²) < 4.78 is 5.75. The predicted octanol–water partition coefficient (Wildman–Crippen LogP) is 2.69. The molecule has 1 heterocycles. The summed E-state index contributed by atoms with van der Waals surface area (Å²) in [6.45, 7) is 9.06. The van der Waals surface area contributed by atoms with Gasteiger partial charge in [-0.25, -0.2) is 0 Å². The van der Waals surface area contributed by atoms with Crippen molar-refractivity contribution in [2.24, 2.45) is 0 Å². The number of ether oxygens (including phenoxy) is 1. The number of aliphatic hydroxyl groups excluding tert-OH is 1. The summed E-state index contributed by atoms with van der Waals surface area (Å²) in [7, 11) is 0. The van der Waals surface area contributed by atoms with E-state index < -0.39 is 0 Å². The molecule has 0 atom stereocenters. The summed E-state index contributed by atoms with van der Waals surface area (Å²) >= 11 is 0. The Bertz CT molecular complexity index is 470. The zero-order valence-corrected chi connectivity index (χ0v) is 10.3. The normalized spacial score (nSPS) is 14.2. The first-order valence-corrected chi connectivity index (χ1v) is 5.59. The van der Waals surface area contributed by atoms with Gasteiger partial charge in [-0.2, -0.15) is 0 Å². The number of benzene rings is 1. The molecule has 16 heavy (non-hydrogen) atoms. The zero-order chi connectivity index (χ0) is 11.9. The van der Waals surface area contributed by atoms with Gasteiger partial charge in [0.2, 0.25) is 0 Å². The molecule has 0 radical (unpaired) electrons. The highest BCUT2D eigenvalue weighted by molar-refractivity contribution is 5.70. The average Bonchev–Trinajstić information content (AvgIpc) is 2.33. The van der Waals surface area contributed by atoms with E-state index in [1.165, 1.54) is 22.3 Å². The van der Waals surface area contributed by atoms with Gasteiger partial charge in [-0.3, -0.25) is 0 Å². The van der Waals surface area contributed by atoms with E-state index in [2.05, 4.69) is 33.8 Å². The lowest BCUT2D eigenvalue weighted by atomic mass is 9.91. The number of hydrogen-bond donors (Lipinski definition) is 1. The van der Waals surface area contributed by atoms with Gasteiger partial charge in [0.1, 0.15) is 12.4 Å². The number of fused-ring (bicyclic) bond motifs is 1. The van der Waals surface area contributed by atoms with Crippen molar-refractivity contribution in [3.05, 3.63) is 33.4 Å². The minimum atomic E-state index is 0.0743. The van der Waals surface area contributed by atoms with Crippen LogP contribution in [0.15, 0.2) is 5.57 Å². The van der Waals surface area contributed by atoms with Crippen molar-refractivity contribution in [3.63, 3.8) is 0 Å². The Hall–Kier alpha value is -1.28. The van der Waals surface area contributed by atoms with E-state index in [0.29, 0.717) is 6.61 Å². The van der Waals surface area contributed by atoms with Crippen LogP contribution in [0.2, 0.25) is 0 Å². The maximum absolute atomic E-state index is 9.15. The summed E-state index contributed by atoms with van der Waals surface area (Å²) in [4.78, 5) is 0. The Kier molecular flexibility index (Phi) is 2.76. The maximum Gasteiger partial charge on any atom is 0.130 e. The van der Waals surface area contributed by atoms with E-state index in [4.69, 9.17) is 9.84 Å². The minimum Gasteiger partial charge on any atom is -0.488 e. The highest BCUT2D eigenvalue weighted by Crippen LogP contribution is 2.36. The Balaban J connectivity index is 2.70. The van der Waals surface area contributed by atoms with Crippen LogP contribution in [-0.2, 0) is 0 Å². The lowest BCUT2D eigenvalue weighted by molar-refractivity contribution is 0.284. The molecule has 1 aromatic carbocycles. The number of hydrogen-bond acceptors (Lipinski definition) is 2. The van der Waals surface area contributed by atoms with Gasteiger partial charge in [-0.05, 0) is 61.6 Å². The first kappa shape index (κ1) is 11.2. The van der Waals surface area contributed by atoms with Crippen molar-refractivity contribution in [1.82, 2.24) is 0 Å². The third-order valence-electron chi connectivity index (χ3n) is 3.63. The molecule has 0 unspecified atom stereocenters. The third-order valence-corrected chi connectivity index (χ3v) is 3.63. The molecule has 0 aromatic heterocycles. The van der Waals surface area contributed by atoms with Gasteiger partial charge in [0.05, 0.1) is 6.61 Å². The van der Waals surface area contributed by atoms with Gasteiger partial charge in [-0.1, -0.05) is 0 Å². The lowest BCUT2D eigenvalue weighted by Crippen LogP contribution is -2.13. The first-order valence-electron chi connectivity index (χ1n) is 5.59. The largest absolute Gasteiger partial charge is 0.488 e. The monoisotopic (exact) mass is 218 g/mol. The van der Waals surface area contributed by atoms with E-state index in [1.807, 2.05) is 0 Å². The molecule has 0 saturated heterocycles. The molecular weight excluding hydrogens is 200 g/mol. The fraction of sp³-hybridized carbons (Fsp3) is 0.429. The Labute approximate surface area is 96.6 Å². The molecule has 1 aromatic rings. The summed E-state index contributed by atoms with van der Waals surface area (Å²) in [5.74, 6) is 0.984. The van der Waals surface area contributed by atoms with Crippen LogP contribution < -0.4 is 4.74 Å². The predicted molar refractivity (Wildman–Crippen MR) is 65.9 cm³/mol. The third kappa shape index (κ3) is 1.54. The van der Waals surface area contributed by atoms with Crippen molar-refractivity contribution in [2.75, 3.05) is 13.2 Å². The summed E-state index contributed by atoms with van der Waals surface area (Å²) in [6.07, 6.45) is 2.06. The minimum absolute atomic E-state index is 0.0743. The smallest absolute Gasteiger partial charge is 0.130 e. The molecule has 1 aliphatic heterocycles. The summed E-state index contributed by atoms with van der Waals surface area (Å²) in [6, 6.07) is 0. The van der Waals surface area contributed by atoms with Crippen LogP contribution in [-0.4, -0.2) is 18.3 Å². The standard InChI is InChI=1S/C14H18O2/c1-8-9(2)11(4)14-13(10(8)3)5-12(6-15)7-16-14/h5,15H,6-7H2,1-4H3. The van der Waals surface area contributed by atoms with Gasteiger partial charge in [0.15, 0.2) is 0 Å². The highest BCUT2D eigenvalue weighted by Gasteiger charge is 2.18. The topological polar surface area (TPSA) is 29.5 Å². The molecular formula is C14H18O2. The quantitative estimate of drug-likeness (QED) is 0.785. The zero-order valence-electron chi connectivity index (χ0n) is 10.3. The molecule has 2 rings (SSSR count). The highest BCUT2D eigenvalue weighted by atomic mass is 16.5. The van der Waals surface area contributed by atoms with Crippen LogP contribution >= 0.6 is 0 Å². The summed E-state index contributed by atoms with van der Waals surface area (Å²) in [5.41, 5.74) is 7.16. The van der Waals surface area contributed by atoms with Gasteiger partial charge in [0.25, 0.3) is 0 Å². The molecule has 2 nitrogen and oxygen atoms in total. The van der Waals surface area contributed by atoms with Gasteiger partial charge in [0, 0.05) is 5.56 Å². The van der Waals surface area contributed by atoms with Crippen LogP contribution in [0.4, 0.5) is 0 Å². The van der Waals surface area contributed by atoms with E-state index in [9.17, 15) is 0 Å². The number of rotatable bonds is 1. The van der Waals surface area contributed by atoms with Crippen molar-refractivity contribution in [3.8, 4) is 5.75 Å². The average molecular weight is 218 g/mol. The van der Waals surface area contributed by atoms with E-state index >= 15 is 0 Å². The molecule has 0 fully saturated rings. The Morgan fingerprint density at radius 3 is 2.31 bits per heavy atom. The van der Waals surface area contributed by atoms with Crippen LogP contribution in [0, 0.1) is 27.7 Å². The fourth-order valence-electron chi connectivity index (χ4n) is 2.17. The van der Waals surface area contributed by atoms with E-state index in [0.717, 1.165) is 16.9 Å². The molecule has 0 spiro atoms. The van der Waals surface area contributed by atoms with Crippen LogP contribution in [0.25, 0.3) is 6.08 Å². The van der Waals surface area contributed by atoms with E-state index in [1.54, 1.807) is 0 Å². The maximum atomic E-state index is 9.15. The molecule has 0 bridgehead atoms. The Morgan fingerprint density at radius 1 is 1.06 bits per heavy atom. The van der Waals surface area contributed by atoms with Crippen LogP contribution in [0.1, 0.15) is 27.8 Å². The Morgan fingerprint density at radius 2 is 1.69 bits per heavy atom. The van der Waals surface area contributed by atoms with Gasteiger partial charge >= 0.3 is 0 Å². The van der Waals surface area contributed by atoms with Gasteiger partial charge in [-0.15, -0.1) is 0 Å². The molecule has 86 valence electrons. The van der Waals surface area contributed by atoms with Crippen molar-refractivity contribution in [1.29, 1.82) is 0 Å². The van der Waals surface area contributed by atoms with Crippen molar-refractivity contribution >= 4 is 6.08 Å². The molecule has 0 saturated carbocycles. The molecule has 1 N–H and O–H groups in total. The fourth-order valence-corrected chi connectivity index (χ4v) is 2.17. The first-order chi connectivity index (χ1) is 7.56. The van der Waals surface area contributed by atoms with Crippen molar-refractivity contribution < 1.29 is 9.84 Å². The number of aliphatic hydroxyl groups is 1. The van der Waals surface area contributed by atoms with Gasteiger partial charge < -0.3 is 9.84 Å². The summed E-state index contributed by atoms with van der Waals surface area (Å²) in [5, 5.41) is 9.15. The van der Waals surface area contributed by atoms with E-state index in [-0.39, 0.29) is 6.61 Å². The second-order valence-electron chi connectivity index (χ2n) is 4.49. The molecule has 1 aliphatic rings. The molecule has 2 heteroatoms. The van der Waals surface area contributed by atoms with Crippen LogP contribution in [0.5, 0.6) is 5.75 Å².